The first kappa shape index (κ1) is 21.9. The highest BCUT2D eigenvalue weighted by molar-refractivity contribution is 6.03. The van der Waals surface area contributed by atoms with Crippen molar-refractivity contribution in [2.75, 3.05) is 7.05 Å². The molecule has 0 unspecified atom stereocenters. The maximum atomic E-state index is 12.7. The van der Waals surface area contributed by atoms with Crippen LogP contribution in [0.3, 0.4) is 0 Å². The van der Waals surface area contributed by atoms with Gasteiger partial charge in [-0.05, 0) is 61.3 Å². The van der Waals surface area contributed by atoms with Gasteiger partial charge in [-0.1, -0.05) is 38.6 Å². The molecule has 1 aliphatic heterocycles. The van der Waals surface area contributed by atoms with Gasteiger partial charge in [0.25, 0.3) is 11.8 Å². The van der Waals surface area contributed by atoms with Gasteiger partial charge in [0.05, 0.1) is 11.1 Å². The maximum absolute atomic E-state index is 12.7. The molecule has 2 aliphatic rings. The topological polar surface area (TPSA) is 61.4 Å². The summed E-state index contributed by atoms with van der Waals surface area (Å²) >= 11 is 0. The fraction of sp³-hybridized carbons (Fsp3) is 0.440. The molecular weight excluding hydrogens is 374 g/mol. The van der Waals surface area contributed by atoms with Crippen LogP contribution in [0.15, 0.2) is 53.9 Å². The Balaban J connectivity index is 1.90. The number of benzene rings is 1. The Morgan fingerprint density at radius 1 is 1.23 bits per heavy atom. The Labute approximate surface area is 179 Å². The average Bonchev–Trinajstić information content (AvgIpc) is 3.52. The van der Waals surface area contributed by atoms with Crippen LogP contribution in [-0.4, -0.2) is 29.8 Å². The number of likely N-dealkylation sites (N-methyl/N-ethyl adjacent to an activating group) is 1. The van der Waals surface area contributed by atoms with E-state index >= 15 is 0 Å². The van der Waals surface area contributed by atoms with Crippen molar-refractivity contribution in [3.8, 4) is 0 Å². The Bertz CT molecular complexity index is 907. The summed E-state index contributed by atoms with van der Waals surface area (Å²) in [5.74, 6) is 0.252. The molecule has 1 fully saturated rings. The van der Waals surface area contributed by atoms with E-state index in [4.69, 9.17) is 0 Å². The molecule has 1 heterocycles. The van der Waals surface area contributed by atoms with E-state index in [1.165, 1.54) is 16.7 Å². The van der Waals surface area contributed by atoms with Gasteiger partial charge in [-0.15, -0.1) is 0 Å². The highest BCUT2D eigenvalue weighted by Crippen LogP contribution is 2.28. The van der Waals surface area contributed by atoms with Crippen LogP contribution in [0.5, 0.6) is 0 Å². The predicted molar refractivity (Wildman–Crippen MR) is 120 cm³/mol. The van der Waals surface area contributed by atoms with E-state index in [1.807, 2.05) is 11.1 Å². The van der Waals surface area contributed by atoms with E-state index in [2.05, 4.69) is 56.2 Å². The molecule has 2 amide bonds. The lowest BCUT2D eigenvalue weighted by Gasteiger charge is -2.30. The van der Waals surface area contributed by atoms with E-state index < -0.39 is 0 Å². The van der Waals surface area contributed by atoms with Gasteiger partial charge < -0.3 is 15.5 Å². The third-order valence-electron chi connectivity index (χ3n) is 5.72. The van der Waals surface area contributed by atoms with Crippen molar-refractivity contribution in [2.24, 2.45) is 5.92 Å². The van der Waals surface area contributed by atoms with Gasteiger partial charge in [0, 0.05) is 31.5 Å². The molecule has 0 saturated heterocycles. The summed E-state index contributed by atoms with van der Waals surface area (Å²) in [5.41, 5.74) is 5.34. The number of hydrogen-bond donors (Lipinski definition) is 2. The van der Waals surface area contributed by atoms with Gasteiger partial charge in [0.15, 0.2) is 0 Å². The third-order valence-corrected chi connectivity index (χ3v) is 5.72. The van der Waals surface area contributed by atoms with Crippen LogP contribution in [0.2, 0.25) is 0 Å². The number of hydrogen-bond acceptors (Lipinski definition) is 3. The van der Waals surface area contributed by atoms with Gasteiger partial charge in [0.2, 0.25) is 0 Å². The number of rotatable bonds is 8. The second kappa shape index (κ2) is 9.33. The molecule has 1 aliphatic carbocycles. The van der Waals surface area contributed by atoms with Crippen LogP contribution in [0.4, 0.5) is 0 Å². The molecule has 0 atom stereocenters. The molecule has 2 N–H and O–H groups in total. The van der Waals surface area contributed by atoms with Gasteiger partial charge in [-0.2, -0.15) is 0 Å². The Hall–Kier alpha value is -2.82. The number of amides is 2. The highest BCUT2D eigenvalue weighted by Gasteiger charge is 2.28. The molecule has 3 rings (SSSR count). The first-order valence-electron chi connectivity index (χ1n) is 10.8. The van der Waals surface area contributed by atoms with Crippen molar-refractivity contribution in [1.82, 2.24) is 15.5 Å². The molecule has 0 aromatic heterocycles. The summed E-state index contributed by atoms with van der Waals surface area (Å²) in [6.45, 7) is 11.3. The van der Waals surface area contributed by atoms with Crippen molar-refractivity contribution >= 4 is 11.8 Å². The van der Waals surface area contributed by atoms with E-state index in [9.17, 15) is 9.59 Å². The van der Waals surface area contributed by atoms with Crippen molar-refractivity contribution < 1.29 is 9.59 Å². The summed E-state index contributed by atoms with van der Waals surface area (Å²) in [7, 11) is 1.59. The second-order valence-corrected chi connectivity index (χ2v) is 8.69. The molecule has 0 radical (unpaired) electrons. The van der Waals surface area contributed by atoms with Gasteiger partial charge in [0.1, 0.15) is 0 Å². The highest BCUT2D eigenvalue weighted by atomic mass is 16.2. The lowest BCUT2D eigenvalue weighted by Crippen LogP contribution is -2.33. The summed E-state index contributed by atoms with van der Waals surface area (Å²) < 4.78 is 0. The second-order valence-electron chi connectivity index (χ2n) is 8.69. The summed E-state index contributed by atoms with van der Waals surface area (Å²) in [6.07, 6.45) is 7.63. The van der Waals surface area contributed by atoms with E-state index in [1.54, 1.807) is 13.1 Å². The van der Waals surface area contributed by atoms with Crippen LogP contribution in [0.25, 0.3) is 0 Å². The normalized spacial score (nSPS) is 16.3. The number of carbonyl (C=O) groups excluding carboxylic acids is 2. The minimum atomic E-state index is -0.237. The quantitative estimate of drug-likeness (QED) is 0.690. The molecule has 1 saturated carbocycles. The molecule has 5 nitrogen and oxygen atoms in total. The lowest BCUT2D eigenvalue weighted by molar-refractivity contribution is -0.117. The van der Waals surface area contributed by atoms with Crippen LogP contribution < -0.4 is 10.6 Å². The molecule has 1 aromatic rings. The van der Waals surface area contributed by atoms with Crippen LogP contribution in [0.1, 0.15) is 49.8 Å². The van der Waals surface area contributed by atoms with E-state index in [0.717, 1.165) is 25.7 Å². The van der Waals surface area contributed by atoms with Crippen LogP contribution >= 0.6 is 0 Å². The fourth-order valence-electron chi connectivity index (χ4n) is 3.65. The predicted octanol–water partition coefficient (Wildman–Crippen LogP) is 3.75. The number of nitrogens with one attached hydrogen (secondary N) is 2. The van der Waals surface area contributed by atoms with Crippen LogP contribution in [-0.2, 0) is 22.6 Å². The molecule has 1 aromatic carbocycles. The maximum Gasteiger partial charge on any atom is 0.253 e. The van der Waals surface area contributed by atoms with E-state index in [-0.39, 0.29) is 17.9 Å². The van der Waals surface area contributed by atoms with Gasteiger partial charge >= 0.3 is 0 Å². The SMILES string of the molecule is C=C1C(C(=O)NC)=CC(C(=O)NC2CC2)=CN1Cc1cccc(C)c1CCC(C)C. The zero-order valence-corrected chi connectivity index (χ0v) is 18.5. The fourth-order valence-corrected chi connectivity index (χ4v) is 3.65. The standard InChI is InChI=1S/C25H33N3O2/c1-16(2)9-12-22-17(3)7-6-8-19(22)14-28-15-20(24(29)27-21-10-11-21)13-23(18(28)4)25(30)26-5/h6-8,13,15-16,21H,4,9-12,14H2,1-3,5H3,(H,26,30)(H,27,29). The molecule has 30 heavy (non-hydrogen) atoms. The van der Waals surface area contributed by atoms with Crippen molar-refractivity contribution in [2.45, 2.75) is 59.0 Å². The lowest BCUT2D eigenvalue weighted by atomic mass is 9.93. The van der Waals surface area contributed by atoms with Crippen molar-refractivity contribution in [3.63, 3.8) is 0 Å². The zero-order valence-electron chi connectivity index (χ0n) is 18.5. The average molecular weight is 408 g/mol. The van der Waals surface area contributed by atoms with Crippen molar-refractivity contribution in [1.29, 1.82) is 0 Å². The molecule has 0 bridgehead atoms. The van der Waals surface area contributed by atoms with Crippen molar-refractivity contribution in [3.05, 3.63) is 70.6 Å². The molecule has 0 spiro atoms. The summed E-state index contributed by atoms with van der Waals surface area (Å²) in [5, 5.41) is 5.68. The first-order chi connectivity index (χ1) is 14.3. The minimum Gasteiger partial charge on any atom is -0.355 e. The van der Waals surface area contributed by atoms with Crippen LogP contribution in [0, 0.1) is 12.8 Å². The molecule has 5 heteroatoms. The molecular formula is C25H33N3O2. The Morgan fingerprint density at radius 3 is 2.60 bits per heavy atom. The summed E-state index contributed by atoms with van der Waals surface area (Å²) in [6, 6.07) is 6.60. The minimum absolute atomic E-state index is 0.138. The number of nitrogens with zero attached hydrogens (tertiary/aromatic N) is 1. The number of carbonyl (C=O) groups is 2. The summed E-state index contributed by atoms with van der Waals surface area (Å²) in [4.78, 5) is 27.1. The molecule has 160 valence electrons. The van der Waals surface area contributed by atoms with Gasteiger partial charge in [-0.25, -0.2) is 0 Å². The van der Waals surface area contributed by atoms with Gasteiger partial charge in [-0.3, -0.25) is 9.59 Å². The Morgan fingerprint density at radius 2 is 1.97 bits per heavy atom. The van der Waals surface area contributed by atoms with E-state index in [0.29, 0.717) is 29.3 Å². The largest absolute Gasteiger partial charge is 0.355 e. The zero-order chi connectivity index (χ0) is 21.8. The smallest absolute Gasteiger partial charge is 0.253 e. The number of aryl methyl sites for hydroxylation is 1. The monoisotopic (exact) mass is 407 g/mol. The first-order valence-corrected chi connectivity index (χ1v) is 10.8. The Kier molecular flexibility index (Phi) is 6.80. The third kappa shape index (κ3) is 5.21.